The first-order valence-electron chi connectivity index (χ1n) is 10.9. The highest BCUT2D eigenvalue weighted by molar-refractivity contribution is 5.74. The molecule has 0 spiro atoms. The fraction of sp³-hybridized carbons (Fsp3) is 0.320. The van der Waals surface area contributed by atoms with Gasteiger partial charge >= 0.3 is 0 Å². The van der Waals surface area contributed by atoms with Crippen LogP contribution in [0.2, 0.25) is 0 Å². The topological polar surface area (TPSA) is 78.6 Å². The number of hydrogen-bond acceptors (Lipinski definition) is 5. The van der Waals surface area contributed by atoms with Crippen molar-refractivity contribution < 1.29 is 0 Å². The summed E-state index contributed by atoms with van der Waals surface area (Å²) in [6.07, 6.45) is 4.68. The third-order valence-corrected chi connectivity index (χ3v) is 6.20. The molecule has 0 saturated carbocycles. The van der Waals surface area contributed by atoms with E-state index in [9.17, 15) is 0 Å². The SMILES string of the molecule is Cc1nnn2c1-c1ccc(C3=CCNCC3)cc1C(Nc1cccc(CC#N)c1)CC2. The summed E-state index contributed by atoms with van der Waals surface area (Å²) in [6.45, 7) is 4.79. The summed E-state index contributed by atoms with van der Waals surface area (Å²) < 4.78 is 2.03. The molecule has 31 heavy (non-hydrogen) atoms. The van der Waals surface area contributed by atoms with Gasteiger partial charge in [0.05, 0.1) is 29.9 Å². The molecule has 6 heteroatoms. The van der Waals surface area contributed by atoms with Gasteiger partial charge in [0.15, 0.2) is 0 Å². The Hall–Kier alpha value is -3.43. The van der Waals surface area contributed by atoms with E-state index in [0.29, 0.717) is 6.42 Å². The van der Waals surface area contributed by atoms with Gasteiger partial charge in [0.25, 0.3) is 0 Å². The average Bonchev–Trinajstić information content (AvgIpc) is 3.09. The average molecular weight is 411 g/mol. The molecule has 1 atom stereocenters. The molecule has 156 valence electrons. The number of nitrogens with one attached hydrogen (secondary N) is 2. The van der Waals surface area contributed by atoms with Crippen molar-refractivity contribution in [3.05, 3.63) is 70.9 Å². The number of aryl methyl sites for hydroxylation is 2. The standard InChI is InChI=1S/C25H26N6/c1-17-25-22-6-5-20(19-8-12-27-13-9-19)16-23(22)24(10-14-31(25)30-29-17)28-21-4-2-3-18(15-21)7-11-26/h2-6,8,15-16,24,27-28H,7,9-10,12-14H2,1H3. The molecular weight excluding hydrogens is 384 g/mol. The second-order valence-corrected chi connectivity index (χ2v) is 8.25. The van der Waals surface area contributed by atoms with Crippen LogP contribution in [-0.2, 0) is 13.0 Å². The van der Waals surface area contributed by atoms with Gasteiger partial charge in [0.1, 0.15) is 0 Å². The van der Waals surface area contributed by atoms with Gasteiger partial charge in [-0.2, -0.15) is 5.26 Å². The van der Waals surface area contributed by atoms with E-state index in [2.05, 4.69) is 63.4 Å². The highest BCUT2D eigenvalue weighted by atomic mass is 15.4. The van der Waals surface area contributed by atoms with Crippen LogP contribution in [0.15, 0.2) is 48.5 Å². The van der Waals surface area contributed by atoms with Gasteiger partial charge in [0.2, 0.25) is 0 Å². The normalized spacial score (nSPS) is 17.7. The number of nitrogens with zero attached hydrogens (tertiary/aromatic N) is 4. The third-order valence-electron chi connectivity index (χ3n) is 6.20. The Balaban J connectivity index is 1.57. The smallest absolute Gasteiger partial charge is 0.0918 e. The van der Waals surface area contributed by atoms with Crippen molar-refractivity contribution in [1.29, 1.82) is 5.26 Å². The van der Waals surface area contributed by atoms with E-state index >= 15 is 0 Å². The summed E-state index contributed by atoms with van der Waals surface area (Å²) in [5, 5.41) is 24.9. The number of nitriles is 1. The summed E-state index contributed by atoms with van der Waals surface area (Å²) in [7, 11) is 0. The molecule has 0 aliphatic carbocycles. The maximum absolute atomic E-state index is 9.06. The maximum atomic E-state index is 9.06. The second kappa shape index (κ2) is 8.37. The Bertz CT molecular complexity index is 1180. The van der Waals surface area contributed by atoms with Crippen LogP contribution in [0.1, 0.15) is 41.3 Å². The van der Waals surface area contributed by atoms with Gasteiger partial charge in [-0.1, -0.05) is 35.6 Å². The lowest BCUT2D eigenvalue weighted by molar-refractivity contribution is 0.539. The highest BCUT2D eigenvalue weighted by Gasteiger charge is 2.26. The van der Waals surface area contributed by atoms with Crippen molar-refractivity contribution >= 4 is 11.3 Å². The molecule has 2 N–H and O–H groups in total. The van der Waals surface area contributed by atoms with Gasteiger partial charge in [0, 0.05) is 24.3 Å². The Morgan fingerprint density at radius 3 is 3.03 bits per heavy atom. The van der Waals surface area contributed by atoms with Gasteiger partial charge < -0.3 is 10.6 Å². The monoisotopic (exact) mass is 410 g/mol. The lowest BCUT2D eigenvalue weighted by atomic mass is 9.90. The van der Waals surface area contributed by atoms with Crippen LogP contribution >= 0.6 is 0 Å². The molecule has 3 heterocycles. The minimum atomic E-state index is 0.149. The molecule has 5 rings (SSSR count). The molecule has 1 unspecified atom stereocenters. The fourth-order valence-corrected chi connectivity index (χ4v) is 4.66. The van der Waals surface area contributed by atoms with Crippen LogP contribution < -0.4 is 10.6 Å². The Morgan fingerprint density at radius 2 is 2.19 bits per heavy atom. The molecule has 0 saturated heterocycles. The molecule has 0 amide bonds. The van der Waals surface area contributed by atoms with Crippen LogP contribution in [-0.4, -0.2) is 28.1 Å². The Kier molecular flexibility index (Phi) is 5.27. The lowest BCUT2D eigenvalue weighted by Crippen LogP contribution is -2.20. The van der Waals surface area contributed by atoms with Gasteiger partial charge in [-0.25, -0.2) is 4.68 Å². The molecule has 6 nitrogen and oxygen atoms in total. The molecule has 2 aromatic carbocycles. The zero-order chi connectivity index (χ0) is 21.2. The van der Waals surface area contributed by atoms with Crippen molar-refractivity contribution in [2.24, 2.45) is 0 Å². The second-order valence-electron chi connectivity index (χ2n) is 8.25. The summed E-state index contributed by atoms with van der Waals surface area (Å²) in [5.74, 6) is 0. The van der Waals surface area contributed by atoms with Crippen LogP contribution in [0.5, 0.6) is 0 Å². The molecule has 3 aromatic rings. The van der Waals surface area contributed by atoms with Crippen LogP contribution in [0, 0.1) is 18.3 Å². The van der Waals surface area contributed by atoms with Gasteiger partial charge in [-0.3, -0.25) is 0 Å². The van der Waals surface area contributed by atoms with E-state index < -0.39 is 0 Å². The van der Waals surface area contributed by atoms with E-state index in [1.165, 1.54) is 22.3 Å². The molecular formula is C25H26N6. The largest absolute Gasteiger partial charge is 0.378 e. The predicted octanol–water partition coefficient (Wildman–Crippen LogP) is 4.25. The molecule has 0 radical (unpaired) electrons. The van der Waals surface area contributed by atoms with Gasteiger partial charge in [-0.05, 0) is 66.8 Å². The third kappa shape index (κ3) is 3.85. The quantitative estimate of drug-likeness (QED) is 0.672. The summed E-state index contributed by atoms with van der Waals surface area (Å²) >= 11 is 0. The van der Waals surface area contributed by atoms with Gasteiger partial charge in [-0.15, -0.1) is 5.10 Å². The number of hydrogen-bond donors (Lipinski definition) is 2. The number of fused-ring (bicyclic) bond motifs is 3. The van der Waals surface area contributed by atoms with E-state index in [0.717, 1.165) is 55.1 Å². The zero-order valence-corrected chi connectivity index (χ0v) is 17.7. The molecule has 1 aromatic heterocycles. The van der Waals surface area contributed by atoms with E-state index in [-0.39, 0.29) is 6.04 Å². The number of anilines is 1. The molecule has 2 aliphatic heterocycles. The first kappa shape index (κ1) is 19.5. The Morgan fingerprint density at radius 1 is 1.26 bits per heavy atom. The maximum Gasteiger partial charge on any atom is 0.0918 e. The van der Waals surface area contributed by atoms with Crippen molar-refractivity contribution in [3.8, 4) is 17.3 Å². The van der Waals surface area contributed by atoms with E-state index in [4.69, 9.17) is 5.26 Å². The van der Waals surface area contributed by atoms with E-state index in [1.807, 2.05) is 23.7 Å². The first-order valence-corrected chi connectivity index (χ1v) is 10.9. The number of rotatable bonds is 4. The molecule has 0 fully saturated rings. The highest BCUT2D eigenvalue weighted by Crippen LogP contribution is 2.38. The van der Waals surface area contributed by atoms with Crippen LogP contribution in [0.3, 0.4) is 0 Å². The summed E-state index contributed by atoms with van der Waals surface area (Å²) in [5.41, 5.74) is 9.34. The first-order chi connectivity index (χ1) is 15.2. The van der Waals surface area contributed by atoms with Crippen molar-refractivity contribution in [2.75, 3.05) is 18.4 Å². The molecule has 2 aliphatic rings. The van der Waals surface area contributed by atoms with Crippen molar-refractivity contribution in [2.45, 2.75) is 38.8 Å². The Labute approximate surface area is 182 Å². The summed E-state index contributed by atoms with van der Waals surface area (Å²) in [4.78, 5) is 0. The predicted molar refractivity (Wildman–Crippen MR) is 122 cm³/mol. The molecule has 0 bridgehead atoms. The minimum Gasteiger partial charge on any atom is -0.378 e. The van der Waals surface area contributed by atoms with Crippen molar-refractivity contribution in [3.63, 3.8) is 0 Å². The fourth-order valence-electron chi connectivity index (χ4n) is 4.66. The minimum absolute atomic E-state index is 0.149. The number of aromatic nitrogens is 3. The van der Waals surface area contributed by atoms with Crippen LogP contribution in [0.25, 0.3) is 16.8 Å². The summed E-state index contributed by atoms with van der Waals surface area (Å²) in [6, 6.07) is 17.4. The van der Waals surface area contributed by atoms with Crippen LogP contribution in [0.4, 0.5) is 5.69 Å². The number of benzene rings is 2. The van der Waals surface area contributed by atoms with Crippen molar-refractivity contribution in [1.82, 2.24) is 20.3 Å². The van der Waals surface area contributed by atoms with E-state index in [1.54, 1.807) is 0 Å². The lowest BCUT2D eigenvalue weighted by Gasteiger charge is -2.23. The zero-order valence-electron chi connectivity index (χ0n) is 17.7.